The van der Waals surface area contributed by atoms with Crippen LogP contribution in [0.15, 0.2) is 42.7 Å². The zero-order valence-corrected chi connectivity index (χ0v) is 12.0. The van der Waals surface area contributed by atoms with E-state index in [1.807, 2.05) is 24.3 Å². The lowest BCUT2D eigenvalue weighted by atomic mass is 10.1. The van der Waals surface area contributed by atoms with Gasteiger partial charge >= 0.3 is 0 Å². The maximum Gasteiger partial charge on any atom is 0.226 e. The van der Waals surface area contributed by atoms with Gasteiger partial charge in [0.05, 0.1) is 0 Å². The number of aromatic amines is 2. The molecule has 116 valence electrons. The molecule has 8 heteroatoms. The third kappa shape index (κ3) is 3.43. The van der Waals surface area contributed by atoms with E-state index in [9.17, 15) is 9.90 Å². The zero-order valence-electron chi connectivity index (χ0n) is 12.0. The molecular formula is C15H14N6O2. The maximum atomic E-state index is 11.8. The molecule has 5 N–H and O–H groups in total. The van der Waals surface area contributed by atoms with Gasteiger partial charge in [0, 0.05) is 23.9 Å². The lowest BCUT2D eigenvalue weighted by Gasteiger charge is -1.99. The van der Waals surface area contributed by atoms with Crippen LogP contribution in [-0.2, 0) is 6.42 Å². The summed E-state index contributed by atoms with van der Waals surface area (Å²) in [6.07, 6.45) is 2.87. The van der Waals surface area contributed by atoms with E-state index in [4.69, 9.17) is 5.73 Å². The number of aromatic nitrogens is 5. The molecule has 0 amide bonds. The second-order valence-corrected chi connectivity index (χ2v) is 4.92. The molecule has 23 heavy (non-hydrogen) atoms. The number of aliphatic hydroxyl groups is 1. The number of nitrogens with two attached hydrogens (primary N) is 1. The van der Waals surface area contributed by atoms with Crippen LogP contribution in [-0.4, -0.2) is 36.3 Å². The summed E-state index contributed by atoms with van der Waals surface area (Å²) in [4.78, 5) is 15.5. The van der Waals surface area contributed by atoms with Gasteiger partial charge in [0.25, 0.3) is 0 Å². The van der Waals surface area contributed by atoms with Gasteiger partial charge < -0.3 is 10.8 Å². The van der Waals surface area contributed by atoms with Crippen molar-refractivity contribution in [2.24, 2.45) is 0 Å². The highest BCUT2D eigenvalue weighted by Crippen LogP contribution is 2.14. The van der Waals surface area contributed by atoms with Gasteiger partial charge in [-0.05, 0) is 23.8 Å². The van der Waals surface area contributed by atoms with Crippen molar-refractivity contribution < 1.29 is 9.90 Å². The molecule has 3 aromatic rings. The van der Waals surface area contributed by atoms with Gasteiger partial charge in [-0.25, -0.2) is 4.98 Å². The summed E-state index contributed by atoms with van der Waals surface area (Å²) >= 11 is 0. The fourth-order valence-corrected chi connectivity index (χ4v) is 2.03. The van der Waals surface area contributed by atoms with E-state index >= 15 is 0 Å². The van der Waals surface area contributed by atoms with Crippen molar-refractivity contribution in [1.82, 2.24) is 25.4 Å². The number of nitrogens with one attached hydrogen (secondary N) is 2. The molecule has 0 aliphatic rings. The Labute approximate surface area is 131 Å². The number of allylic oxidation sites excluding steroid dienone is 1. The first-order valence-electron chi connectivity index (χ1n) is 6.81. The summed E-state index contributed by atoms with van der Waals surface area (Å²) in [5, 5.41) is 22.8. The largest absolute Gasteiger partial charge is 0.505 e. The monoisotopic (exact) mass is 310 g/mol. The highest BCUT2D eigenvalue weighted by Gasteiger charge is 2.11. The molecular weight excluding hydrogens is 296 g/mol. The normalized spacial score (nSPS) is 11.6. The predicted molar refractivity (Wildman–Crippen MR) is 83.6 cm³/mol. The Morgan fingerprint density at radius 1 is 1.26 bits per heavy atom. The molecule has 0 unspecified atom stereocenters. The summed E-state index contributed by atoms with van der Waals surface area (Å²) in [7, 11) is 0. The Bertz CT molecular complexity index is 833. The van der Waals surface area contributed by atoms with E-state index in [0.29, 0.717) is 12.1 Å². The number of benzene rings is 1. The van der Waals surface area contributed by atoms with Crippen LogP contribution < -0.4 is 5.73 Å². The summed E-state index contributed by atoms with van der Waals surface area (Å²) in [5.74, 6) is -0.677. The van der Waals surface area contributed by atoms with Crippen LogP contribution in [0.25, 0.3) is 5.76 Å². The van der Waals surface area contributed by atoms with Gasteiger partial charge in [0.2, 0.25) is 5.78 Å². The van der Waals surface area contributed by atoms with Gasteiger partial charge in [-0.15, -0.1) is 0 Å². The number of nitrogen functional groups attached to an aromatic ring is 1. The first kappa shape index (κ1) is 14.5. The van der Waals surface area contributed by atoms with Crippen LogP contribution in [0, 0.1) is 0 Å². The average molecular weight is 310 g/mol. The van der Waals surface area contributed by atoms with E-state index in [0.717, 1.165) is 17.3 Å². The van der Waals surface area contributed by atoms with Crippen LogP contribution in [0.1, 0.15) is 27.6 Å². The number of ketones is 1. The molecule has 1 aromatic carbocycles. The van der Waals surface area contributed by atoms with Gasteiger partial charge in [-0.1, -0.05) is 12.1 Å². The summed E-state index contributed by atoms with van der Waals surface area (Å²) in [5.41, 5.74) is 8.48. The first-order chi connectivity index (χ1) is 11.1. The molecule has 0 atom stereocenters. The summed E-state index contributed by atoms with van der Waals surface area (Å²) in [6.45, 7) is 0. The number of nitrogens with zero attached hydrogens (tertiary/aromatic N) is 3. The van der Waals surface area contributed by atoms with Crippen molar-refractivity contribution in [3.63, 3.8) is 0 Å². The minimum Gasteiger partial charge on any atom is -0.505 e. The number of carbonyl (C=O) groups excluding carboxylic acids is 1. The molecule has 0 spiro atoms. The molecule has 0 saturated carbocycles. The number of H-pyrrole nitrogens is 2. The second kappa shape index (κ2) is 6.14. The van der Waals surface area contributed by atoms with Gasteiger partial charge in [0.15, 0.2) is 5.82 Å². The third-order valence-electron chi connectivity index (χ3n) is 3.18. The van der Waals surface area contributed by atoms with Gasteiger partial charge in [-0.3, -0.25) is 15.0 Å². The smallest absolute Gasteiger partial charge is 0.226 e. The van der Waals surface area contributed by atoms with E-state index in [-0.39, 0.29) is 17.3 Å². The number of hydrogen-bond donors (Lipinski definition) is 4. The SMILES string of the molecule is Nc1ccc(Cc2cc(C(O)=CC(=O)c3ncn[nH]3)n[nH]2)cc1. The van der Waals surface area contributed by atoms with Crippen molar-refractivity contribution in [2.45, 2.75) is 6.42 Å². The number of rotatable bonds is 5. The van der Waals surface area contributed by atoms with E-state index in [2.05, 4.69) is 25.4 Å². The first-order valence-corrected chi connectivity index (χ1v) is 6.81. The third-order valence-corrected chi connectivity index (χ3v) is 3.18. The Morgan fingerprint density at radius 3 is 2.74 bits per heavy atom. The molecule has 2 heterocycles. The number of hydrogen-bond acceptors (Lipinski definition) is 6. The lowest BCUT2D eigenvalue weighted by Crippen LogP contribution is -1.99. The molecule has 0 radical (unpaired) electrons. The summed E-state index contributed by atoms with van der Waals surface area (Å²) in [6, 6.07) is 9.15. The molecule has 0 fully saturated rings. The van der Waals surface area contributed by atoms with Crippen LogP contribution in [0.5, 0.6) is 0 Å². The van der Waals surface area contributed by atoms with Gasteiger partial charge in [0.1, 0.15) is 17.8 Å². The van der Waals surface area contributed by atoms with Crippen molar-refractivity contribution in [2.75, 3.05) is 5.73 Å². The van der Waals surface area contributed by atoms with E-state index in [1.165, 1.54) is 6.33 Å². The summed E-state index contributed by atoms with van der Waals surface area (Å²) < 4.78 is 0. The number of aliphatic hydroxyl groups excluding tert-OH is 1. The fraction of sp³-hybridized carbons (Fsp3) is 0.0667. The predicted octanol–water partition coefficient (Wildman–Crippen LogP) is 1.48. The van der Waals surface area contributed by atoms with Crippen LogP contribution in [0.3, 0.4) is 0 Å². The minimum atomic E-state index is -0.483. The molecule has 0 bridgehead atoms. The quantitative estimate of drug-likeness (QED) is 0.244. The second-order valence-electron chi connectivity index (χ2n) is 4.92. The van der Waals surface area contributed by atoms with E-state index < -0.39 is 5.78 Å². The minimum absolute atomic E-state index is 0.0502. The molecule has 3 rings (SSSR count). The van der Waals surface area contributed by atoms with Crippen LogP contribution in [0.2, 0.25) is 0 Å². The molecule has 0 aliphatic carbocycles. The topological polar surface area (TPSA) is 134 Å². The molecule has 0 aliphatic heterocycles. The molecule has 0 saturated heterocycles. The Balaban J connectivity index is 1.73. The average Bonchev–Trinajstić information content (AvgIpc) is 3.21. The fourth-order valence-electron chi connectivity index (χ4n) is 2.03. The van der Waals surface area contributed by atoms with Crippen LogP contribution >= 0.6 is 0 Å². The Hall–Kier alpha value is -3.42. The lowest BCUT2D eigenvalue weighted by molar-refractivity contribution is 0.103. The van der Waals surface area contributed by atoms with Crippen molar-refractivity contribution >= 4 is 17.2 Å². The molecule has 2 aromatic heterocycles. The maximum absolute atomic E-state index is 11.8. The zero-order chi connectivity index (χ0) is 16.2. The Morgan fingerprint density at radius 2 is 2.04 bits per heavy atom. The van der Waals surface area contributed by atoms with Gasteiger partial charge in [-0.2, -0.15) is 10.2 Å². The highest BCUT2D eigenvalue weighted by atomic mass is 16.3. The van der Waals surface area contributed by atoms with Crippen LogP contribution in [0.4, 0.5) is 5.69 Å². The number of carbonyl (C=O) groups is 1. The van der Waals surface area contributed by atoms with Crippen molar-refractivity contribution in [3.05, 3.63) is 65.5 Å². The van der Waals surface area contributed by atoms with Crippen molar-refractivity contribution in [1.29, 1.82) is 0 Å². The highest BCUT2D eigenvalue weighted by molar-refractivity contribution is 6.05. The Kier molecular flexibility index (Phi) is 3.88. The van der Waals surface area contributed by atoms with Crippen molar-refractivity contribution in [3.8, 4) is 0 Å². The standard InChI is InChI=1S/C15H14N6O2/c16-10-3-1-9(2-4-10)5-11-6-12(20-19-11)13(22)7-14(23)15-17-8-18-21-15/h1-4,6-8,22H,5,16H2,(H,19,20)(H,17,18,21). The number of anilines is 1. The van der Waals surface area contributed by atoms with E-state index in [1.54, 1.807) is 6.07 Å². The molecule has 8 nitrogen and oxygen atoms in total.